The SMILES string of the molecule is C=C1C(O)CC(O)(CO)CC1OC. The van der Waals surface area contributed by atoms with E-state index in [0.717, 1.165) is 0 Å². The van der Waals surface area contributed by atoms with Gasteiger partial charge in [-0.15, -0.1) is 0 Å². The first-order chi connectivity index (χ1) is 6.02. The average molecular weight is 188 g/mol. The molecule has 0 amide bonds. The standard InChI is InChI=1S/C9H16O4/c1-6-7(11)3-9(12,5-10)4-8(6)13-2/h7-8,10-12H,1,3-5H2,2H3. The third-order valence-corrected chi connectivity index (χ3v) is 2.56. The van der Waals surface area contributed by atoms with Crippen molar-refractivity contribution >= 4 is 0 Å². The smallest absolute Gasteiger partial charge is 0.0933 e. The Morgan fingerprint density at radius 1 is 1.62 bits per heavy atom. The lowest BCUT2D eigenvalue weighted by Crippen LogP contribution is -2.47. The van der Waals surface area contributed by atoms with E-state index in [2.05, 4.69) is 6.58 Å². The zero-order valence-corrected chi connectivity index (χ0v) is 7.73. The Kier molecular flexibility index (Phi) is 3.08. The van der Waals surface area contributed by atoms with Crippen LogP contribution in [0.5, 0.6) is 0 Å². The van der Waals surface area contributed by atoms with E-state index in [1.165, 1.54) is 7.11 Å². The van der Waals surface area contributed by atoms with Gasteiger partial charge in [0.05, 0.1) is 24.4 Å². The van der Waals surface area contributed by atoms with Crippen LogP contribution >= 0.6 is 0 Å². The summed E-state index contributed by atoms with van der Waals surface area (Å²) in [4.78, 5) is 0. The van der Waals surface area contributed by atoms with Crippen molar-refractivity contribution in [1.82, 2.24) is 0 Å². The summed E-state index contributed by atoms with van der Waals surface area (Å²) >= 11 is 0. The summed E-state index contributed by atoms with van der Waals surface area (Å²) in [5.41, 5.74) is -0.665. The van der Waals surface area contributed by atoms with Gasteiger partial charge >= 0.3 is 0 Å². The predicted octanol–water partition coefficient (Wildman–Crippen LogP) is -0.564. The van der Waals surface area contributed by atoms with Gasteiger partial charge in [-0.05, 0) is 5.57 Å². The summed E-state index contributed by atoms with van der Waals surface area (Å²) in [6.45, 7) is 3.32. The van der Waals surface area contributed by atoms with Crippen molar-refractivity contribution < 1.29 is 20.1 Å². The summed E-state index contributed by atoms with van der Waals surface area (Å²) in [6, 6.07) is 0. The first-order valence-corrected chi connectivity index (χ1v) is 4.25. The van der Waals surface area contributed by atoms with Crippen molar-refractivity contribution in [2.45, 2.75) is 30.7 Å². The molecule has 1 fully saturated rings. The van der Waals surface area contributed by atoms with E-state index in [-0.39, 0.29) is 25.6 Å². The van der Waals surface area contributed by atoms with E-state index in [1.54, 1.807) is 0 Å². The second-order valence-electron chi connectivity index (χ2n) is 3.61. The molecule has 0 spiro atoms. The highest BCUT2D eigenvalue weighted by Crippen LogP contribution is 2.32. The number of hydrogen-bond acceptors (Lipinski definition) is 4. The van der Waals surface area contributed by atoms with Crippen LogP contribution in [0.15, 0.2) is 12.2 Å². The second-order valence-corrected chi connectivity index (χ2v) is 3.61. The van der Waals surface area contributed by atoms with Crippen molar-refractivity contribution in [2.75, 3.05) is 13.7 Å². The van der Waals surface area contributed by atoms with Crippen molar-refractivity contribution in [3.8, 4) is 0 Å². The van der Waals surface area contributed by atoms with E-state index in [9.17, 15) is 10.2 Å². The predicted molar refractivity (Wildman–Crippen MR) is 47.2 cm³/mol. The van der Waals surface area contributed by atoms with Gasteiger partial charge in [0, 0.05) is 20.0 Å². The number of aliphatic hydroxyl groups excluding tert-OH is 2. The number of hydrogen-bond donors (Lipinski definition) is 3. The Morgan fingerprint density at radius 2 is 2.23 bits per heavy atom. The Balaban J connectivity index is 2.74. The molecule has 1 rings (SSSR count). The number of rotatable bonds is 2. The molecule has 76 valence electrons. The molecule has 0 aromatic heterocycles. The van der Waals surface area contributed by atoms with Gasteiger partial charge in [-0.1, -0.05) is 6.58 Å². The van der Waals surface area contributed by atoms with Crippen LogP contribution in [0, 0.1) is 0 Å². The summed E-state index contributed by atoms with van der Waals surface area (Å²) in [7, 11) is 1.49. The van der Waals surface area contributed by atoms with Crippen LogP contribution in [0.3, 0.4) is 0 Å². The molecule has 0 radical (unpaired) electrons. The molecule has 3 N–H and O–H groups in total. The molecule has 1 saturated carbocycles. The van der Waals surface area contributed by atoms with Gasteiger partial charge in [0.1, 0.15) is 0 Å². The van der Waals surface area contributed by atoms with Crippen LogP contribution in [-0.2, 0) is 4.74 Å². The first kappa shape index (κ1) is 10.7. The Labute approximate surface area is 77.5 Å². The molecule has 1 aliphatic carbocycles. The average Bonchev–Trinajstić information content (AvgIpc) is 2.11. The second kappa shape index (κ2) is 3.75. The maximum atomic E-state index is 9.74. The van der Waals surface area contributed by atoms with E-state index < -0.39 is 11.7 Å². The van der Waals surface area contributed by atoms with Crippen LogP contribution in [0.1, 0.15) is 12.8 Å². The molecular formula is C9H16O4. The van der Waals surface area contributed by atoms with Crippen molar-refractivity contribution in [3.05, 3.63) is 12.2 Å². The molecule has 0 heterocycles. The maximum absolute atomic E-state index is 9.74. The van der Waals surface area contributed by atoms with Crippen LogP contribution in [0.25, 0.3) is 0 Å². The fourth-order valence-electron chi connectivity index (χ4n) is 1.63. The molecule has 13 heavy (non-hydrogen) atoms. The minimum absolute atomic E-state index is 0.127. The van der Waals surface area contributed by atoms with Gasteiger partial charge in [0.25, 0.3) is 0 Å². The van der Waals surface area contributed by atoms with E-state index in [1.807, 2.05) is 0 Å². The molecule has 4 heteroatoms. The number of aliphatic hydroxyl groups is 3. The maximum Gasteiger partial charge on any atom is 0.0933 e. The lowest BCUT2D eigenvalue weighted by atomic mass is 9.79. The molecule has 4 nitrogen and oxygen atoms in total. The highest BCUT2D eigenvalue weighted by molar-refractivity contribution is 5.16. The third-order valence-electron chi connectivity index (χ3n) is 2.56. The molecule has 1 aliphatic rings. The van der Waals surface area contributed by atoms with Crippen LogP contribution < -0.4 is 0 Å². The fraction of sp³-hybridized carbons (Fsp3) is 0.778. The zero-order chi connectivity index (χ0) is 10.1. The number of ether oxygens (including phenoxy) is 1. The van der Waals surface area contributed by atoms with E-state index >= 15 is 0 Å². The monoisotopic (exact) mass is 188 g/mol. The van der Waals surface area contributed by atoms with E-state index in [4.69, 9.17) is 9.84 Å². The summed E-state index contributed by atoms with van der Waals surface area (Å²) in [5, 5.41) is 28.2. The topological polar surface area (TPSA) is 69.9 Å². The van der Waals surface area contributed by atoms with Crippen molar-refractivity contribution in [2.24, 2.45) is 0 Å². The van der Waals surface area contributed by atoms with E-state index in [0.29, 0.717) is 5.57 Å². The molecule has 0 saturated heterocycles. The minimum Gasteiger partial charge on any atom is -0.393 e. The molecule has 0 bridgehead atoms. The van der Waals surface area contributed by atoms with Gasteiger partial charge in [-0.3, -0.25) is 0 Å². The molecule has 0 aromatic rings. The summed E-state index contributed by atoms with van der Waals surface area (Å²) in [6.07, 6.45) is -0.755. The zero-order valence-electron chi connectivity index (χ0n) is 7.73. The summed E-state index contributed by atoms with van der Waals surface area (Å²) < 4.78 is 5.04. The van der Waals surface area contributed by atoms with Crippen LogP contribution in [0.2, 0.25) is 0 Å². The van der Waals surface area contributed by atoms with Gasteiger partial charge < -0.3 is 20.1 Å². The van der Waals surface area contributed by atoms with Crippen LogP contribution in [0.4, 0.5) is 0 Å². The lowest BCUT2D eigenvalue weighted by Gasteiger charge is -2.38. The van der Waals surface area contributed by atoms with Gasteiger partial charge in [-0.2, -0.15) is 0 Å². The first-order valence-electron chi connectivity index (χ1n) is 4.25. The highest BCUT2D eigenvalue weighted by Gasteiger charge is 2.40. The molecular weight excluding hydrogens is 172 g/mol. The lowest BCUT2D eigenvalue weighted by molar-refractivity contribution is -0.0967. The molecule has 0 aliphatic heterocycles. The Bertz CT molecular complexity index is 204. The molecule has 3 unspecified atom stereocenters. The van der Waals surface area contributed by atoms with Gasteiger partial charge in [0.2, 0.25) is 0 Å². The number of methoxy groups -OCH3 is 1. The van der Waals surface area contributed by atoms with Crippen molar-refractivity contribution in [3.63, 3.8) is 0 Å². The third kappa shape index (κ3) is 2.08. The fourth-order valence-corrected chi connectivity index (χ4v) is 1.63. The van der Waals surface area contributed by atoms with Gasteiger partial charge in [-0.25, -0.2) is 0 Å². The summed E-state index contributed by atoms with van der Waals surface area (Å²) in [5.74, 6) is 0. The Hall–Kier alpha value is -0.420. The Morgan fingerprint density at radius 3 is 2.69 bits per heavy atom. The van der Waals surface area contributed by atoms with Crippen molar-refractivity contribution in [1.29, 1.82) is 0 Å². The largest absolute Gasteiger partial charge is 0.393 e. The van der Waals surface area contributed by atoms with Crippen LogP contribution in [-0.4, -0.2) is 46.8 Å². The van der Waals surface area contributed by atoms with Gasteiger partial charge in [0.15, 0.2) is 0 Å². The minimum atomic E-state index is -1.23. The normalized spacial score (nSPS) is 40.8. The molecule has 3 atom stereocenters. The molecule has 0 aromatic carbocycles. The quantitative estimate of drug-likeness (QED) is 0.508. The highest BCUT2D eigenvalue weighted by atomic mass is 16.5.